The molecular weight excluding hydrogens is 457 g/mol. The standard InChI is InChI=1S/C28H36ClF3Si/c1-2-13-33-14-11-20(12-15-33)4-3-19-5-7-21(8-6-19)23-17-26(31)28(27(32)18-23)22-9-10-24(29)25(30)16-22/h9-10,16-21,33H,2-8,11-15H2,1H3. The van der Waals surface area contributed by atoms with Crippen molar-refractivity contribution in [2.45, 2.75) is 88.8 Å². The highest BCUT2D eigenvalue weighted by molar-refractivity contribution is 6.58. The van der Waals surface area contributed by atoms with Crippen molar-refractivity contribution in [1.29, 1.82) is 0 Å². The highest BCUT2D eigenvalue weighted by atomic mass is 35.5. The van der Waals surface area contributed by atoms with Crippen LogP contribution in [0.3, 0.4) is 0 Å². The van der Waals surface area contributed by atoms with Gasteiger partial charge in [0.1, 0.15) is 17.5 Å². The molecule has 0 bridgehead atoms. The Morgan fingerprint density at radius 1 is 0.818 bits per heavy atom. The van der Waals surface area contributed by atoms with Gasteiger partial charge in [-0.05, 0) is 78.8 Å². The summed E-state index contributed by atoms with van der Waals surface area (Å²) in [6, 6.07) is 11.4. The normalized spacial score (nSPS) is 25.8. The third-order valence-corrected chi connectivity index (χ3v) is 12.2. The lowest BCUT2D eigenvalue weighted by molar-refractivity contribution is 0.279. The lowest BCUT2D eigenvalue weighted by atomic mass is 9.76. The van der Waals surface area contributed by atoms with Crippen molar-refractivity contribution in [3.05, 3.63) is 58.4 Å². The van der Waals surface area contributed by atoms with Crippen LogP contribution in [-0.4, -0.2) is 8.80 Å². The molecule has 0 aromatic heterocycles. The van der Waals surface area contributed by atoms with Crippen LogP contribution in [0.5, 0.6) is 0 Å². The SMILES string of the molecule is CCC[SiH]1CCC(CCC2CCC(c3cc(F)c(-c4ccc(Cl)c(F)c4)c(F)c3)CC2)CC1. The third-order valence-electron chi connectivity index (χ3n) is 8.24. The van der Waals surface area contributed by atoms with E-state index in [4.69, 9.17) is 11.6 Å². The molecule has 2 aromatic rings. The van der Waals surface area contributed by atoms with Crippen LogP contribution in [0.2, 0.25) is 23.2 Å². The summed E-state index contributed by atoms with van der Waals surface area (Å²) in [6.45, 7) is 2.33. The van der Waals surface area contributed by atoms with E-state index in [9.17, 15) is 13.2 Å². The van der Waals surface area contributed by atoms with Crippen LogP contribution in [-0.2, 0) is 0 Å². The minimum atomic E-state index is -0.675. The van der Waals surface area contributed by atoms with Gasteiger partial charge in [0.05, 0.1) is 10.6 Å². The summed E-state index contributed by atoms with van der Waals surface area (Å²) in [7, 11) is -0.390. The zero-order valence-electron chi connectivity index (χ0n) is 19.7. The van der Waals surface area contributed by atoms with Gasteiger partial charge in [-0.25, -0.2) is 13.2 Å². The van der Waals surface area contributed by atoms with Crippen molar-refractivity contribution >= 4 is 20.4 Å². The van der Waals surface area contributed by atoms with Crippen LogP contribution in [0.25, 0.3) is 11.1 Å². The van der Waals surface area contributed by atoms with Crippen molar-refractivity contribution in [2.75, 3.05) is 0 Å². The molecule has 0 radical (unpaired) electrons. The first-order valence-corrected chi connectivity index (χ1v) is 15.7. The summed E-state index contributed by atoms with van der Waals surface area (Å²) in [5.74, 6) is -0.0232. The van der Waals surface area contributed by atoms with Crippen LogP contribution in [0.4, 0.5) is 13.2 Å². The van der Waals surface area contributed by atoms with Gasteiger partial charge in [-0.1, -0.05) is 74.8 Å². The van der Waals surface area contributed by atoms with E-state index >= 15 is 0 Å². The van der Waals surface area contributed by atoms with E-state index in [2.05, 4.69) is 6.92 Å². The maximum Gasteiger partial charge on any atom is 0.142 e. The van der Waals surface area contributed by atoms with Crippen LogP contribution in [0.15, 0.2) is 30.3 Å². The maximum atomic E-state index is 14.9. The van der Waals surface area contributed by atoms with E-state index in [1.54, 1.807) is 12.1 Å². The van der Waals surface area contributed by atoms with Gasteiger partial charge in [-0.2, -0.15) is 0 Å². The van der Waals surface area contributed by atoms with E-state index in [1.807, 2.05) is 0 Å². The number of rotatable bonds is 7. The maximum absolute atomic E-state index is 14.9. The summed E-state index contributed by atoms with van der Waals surface area (Å²) in [4.78, 5) is 0. The molecule has 1 aliphatic heterocycles. The van der Waals surface area contributed by atoms with Gasteiger partial charge in [0.25, 0.3) is 0 Å². The molecule has 2 fully saturated rings. The molecule has 2 aliphatic rings. The molecule has 5 heteroatoms. The molecule has 0 spiro atoms. The molecule has 0 unspecified atom stereocenters. The largest absolute Gasteiger partial charge is 0.206 e. The van der Waals surface area contributed by atoms with E-state index in [1.165, 1.54) is 62.4 Å². The summed E-state index contributed by atoms with van der Waals surface area (Å²) in [6.07, 6.45) is 11.3. The second-order valence-corrected chi connectivity index (χ2v) is 14.3. The first kappa shape index (κ1) is 24.8. The topological polar surface area (TPSA) is 0 Å². The van der Waals surface area contributed by atoms with Crippen molar-refractivity contribution in [2.24, 2.45) is 11.8 Å². The van der Waals surface area contributed by atoms with Crippen molar-refractivity contribution in [3.8, 4) is 11.1 Å². The quantitative estimate of drug-likeness (QED) is 0.337. The summed E-state index contributed by atoms with van der Waals surface area (Å²) in [5, 5.41) is -0.0565. The Balaban J connectivity index is 1.30. The molecule has 2 aromatic carbocycles. The first-order valence-electron chi connectivity index (χ1n) is 12.9. The summed E-state index contributed by atoms with van der Waals surface area (Å²) < 4.78 is 43.5. The molecule has 0 amide bonds. The number of benzene rings is 2. The minimum Gasteiger partial charge on any atom is -0.206 e. The lowest BCUT2D eigenvalue weighted by Gasteiger charge is -2.32. The molecule has 180 valence electrons. The first-order chi connectivity index (χ1) is 15.9. The molecule has 33 heavy (non-hydrogen) atoms. The van der Waals surface area contributed by atoms with Gasteiger partial charge in [0, 0.05) is 8.80 Å². The third kappa shape index (κ3) is 6.25. The zero-order valence-corrected chi connectivity index (χ0v) is 21.6. The second-order valence-electron chi connectivity index (χ2n) is 10.5. The van der Waals surface area contributed by atoms with Crippen molar-refractivity contribution < 1.29 is 13.2 Å². The minimum absolute atomic E-state index is 0.0565. The summed E-state index contributed by atoms with van der Waals surface area (Å²) in [5.41, 5.74) is 0.731. The Morgan fingerprint density at radius 2 is 1.42 bits per heavy atom. The molecule has 1 heterocycles. The highest BCUT2D eigenvalue weighted by Crippen LogP contribution is 2.41. The van der Waals surface area contributed by atoms with E-state index < -0.39 is 26.2 Å². The Hall–Kier alpha value is -1.26. The fourth-order valence-electron chi connectivity index (χ4n) is 6.23. The molecule has 0 N–H and O–H groups in total. The van der Waals surface area contributed by atoms with Crippen molar-refractivity contribution in [1.82, 2.24) is 0 Å². The summed E-state index contributed by atoms with van der Waals surface area (Å²) >= 11 is 5.71. The Kier molecular flexibility index (Phi) is 8.62. The van der Waals surface area contributed by atoms with E-state index in [0.717, 1.165) is 49.1 Å². The highest BCUT2D eigenvalue weighted by Gasteiger charge is 2.27. The van der Waals surface area contributed by atoms with Crippen LogP contribution in [0.1, 0.15) is 76.2 Å². The predicted molar refractivity (Wildman–Crippen MR) is 135 cm³/mol. The van der Waals surface area contributed by atoms with Crippen LogP contribution < -0.4 is 0 Å². The van der Waals surface area contributed by atoms with Gasteiger partial charge in [-0.15, -0.1) is 0 Å². The fourth-order valence-corrected chi connectivity index (χ4v) is 9.91. The number of hydrogen-bond donors (Lipinski definition) is 0. The van der Waals surface area contributed by atoms with E-state index in [-0.39, 0.29) is 22.1 Å². The molecular formula is C28H36ClF3Si. The average molecular weight is 493 g/mol. The molecule has 0 atom stereocenters. The molecule has 1 saturated heterocycles. The van der Waals surface area contributed by atoms with Crippen molar-refractivity contribution in [3.63, 3.8) is 0 Å². The molecule has 4 rings (SSSR count). The van der Waals surface area contributed by atoms with Gasteiger partial charge >= 0.3 is 0 Å². The van der Waals surface area contributed by atoms with Crippen LogP contribution in [0, 0.1) is 29.3 Å². The number of halogens is 4. The van der Waals surface area contributed by atoms with E-state index in [0.29, 0.717) is 0 Å². The second kappa shape index (κ2) is 11.4. The Morgan fingerprint density at radius 3 is 2.00 bits per heavy atom. The lowest BCUT2D eigenvalue weighted by Crippen LogP contribution is -2.22. The Bertz CT molecular complexity index is 908. The van der Waals surface area contributed by atoms with Gasteiger partial charge in [0.2, 0.25) is 0 Å². The molecule has 1 aliphatic carbocycles. The Labute approximate surface area is 203 Å². The predicted octanol–water partition coefficient (Wildman–Crippen LogP) is 9.53. The monoisotopic (exact) mass is 492 g/mol. The van der Waals surface area contributed by atoms with Crippen LogP contribution >= 0.6 is 11.6 Å². The van der Waals surface area contributed by atoms with Gasteiger partial charge < -0.3 is 0 Å². The van der Waals surface area contributed by atoms with Gasteiger partial charge in [0.15, 0.2) is 0 Å². The van der Waals surface area contributed by atoms with Gasteiger partial charge in [-0.3, -0.25) is 0 Å². The fraction of sp³-hybridized carbons (Fsp3) is 0.571. The number of hydrogen-bond acceptors (Lipinski definition) is 0. The average Bonchev–Trinajstić information content (AvgIpc) is 2.81. The smallest absolute Gasteiger partial charge is 0.142 e. The zero-order chi connectivity index (χ0) is 23.4. The molecule has 0 nitrogen and oxygen atoms in total. The molecule has 1 saturated carbocycles.